The molecule has 1 fully saturated rings. The van der Waals surface area contributed by atoms with E-state index in [9.17, 15) is 38.7 Å². The number of thioether (sulfide) groups is 1. The van der Waals surface area contributed by atoms with Crippen molar-refractivity contribution in [3.05, 3.63) is 0 Å². The van der Waals surface area contributed by atoms with Gasteiger partial charge in [-0.15, -0.1) is 0 Å². The fraction of sp³-hybridized carbons (Fsp3) is 0.897. The van der Waals surface area contributed by atoms with E-state index in [2.05, 4.69) is 41.5 Å². The molecule has 0 aromatic heterocycles. The predicted molar refractivity (Wildman–Crippen MR) is 345 cm³/mol. The van der Waals surface area contributed by atoms with E-state index >= 15 is 0 Å². The highest BCUT2D eigenvalue weighted by Gasteiger charge is 2.49. The van der Waals surface area contributed by atoms with Crippen LogP contribution in [-0.4, -0.2) is 107 Å². The van der Waals surface area contributed by atoms with Gasteiger partial charge in [0.2, 0.25) is 23.6 Å². The van der Waals surface area contributed by atoms with Gasteiger partial charge in [-0.1, -0.05) is 277 Å². The minimum Gasteiger partial charge on any atom is -0.469 e. The van der Waals surface area contributed by atoms with Crippen LogP contribution in [0.3, 0.4) is 0 Å². The Bertz CT molecular complexity index is 1710. The molecule has 0 aliphatic carbocycles. The number of carbonyl (C=O) groups excluding carboxylic acids is 7. The van der Waals surface area contributed by atoms with Crippen LogP contribution in [0.2, 0.25) is 0 Å². The smallest absolute Gasteiger partial charge is 0.305 e. The van der Waals surface area contributed by atoms with Crippen LogP contribution in [0.25, 0.3) is 0 Å². The summed E-state index contributed by atoms with van der Waals surface area (Å²) in [4.78, 5) is 91.9. The third-order valence-corrected chi connectivity index (χ3v) is 18.0. The van der Waals surface area contributed by atoms with Crippen molar-refractivity contribution in [2.75, 3.05) is 13.7 Å². The molecule has 0 spiro atoms. The summed E-state index contributed by atoms with van der Waals surface area (Å²) in [6.07, 6.45) is 43.1. The standard InChI is InChI=1S/C68H126N4O12S/c1-8-11-14-17-20-23-26-29-30-31-34-37-40-43-46-49-60(75)82-52-58-62(76)63(83-54(5)66(79)70-53(4)65(78)72-57(64(69)77)50-51-59(74)81-7)61(71-55(6)73)68(84-58)85-67(80)56(47-44-41-38-35-32-27-24-21-18-15-12-9-2)48-45-42-39-36-33-28-25-22-19-16-13-10-3/h53-54,56-58,61-63,68,76H,8-52H2,1-7H3,(H2,69,77)(H,70,79)(H,71,73)(H,72,78)/t53-,54?,57+,58+,61+,62+,63-,68-/m0/s1. The second kappa shape index (κ2) is 53.7. The summed E-state index contributed by atoms with van der Waals surface area (Å²) >= 11 is 0.961. The van der Waals surface area contributed by atoms with Crippen molar-refractivity contribution in [2.24, 2.45) is 11.7 Å². The highest BCUT2D eigenvalue weighted by Crippen LogP contribution is 2.35. The Labute approximate surface area is 521 Å². The van der Waals surface area contributed by atoms with Gasteiger partial charge in [-0.25, -0.2) is 0 Å². The number of hydrogen-bond donors (Lipinski definition) is 5. The maximum atomic E-state index is 14.7. The number of ether oxygens (including phenoxy) is 4. The molecule has 16 nitrogen and oxygen atoms in total. The minimum absolute atomic E-state index is 0.0861. The normalized spacial score (nSPS) is 17.9. The molecule has 0 saturated carbocycles. The van der Waals surface area contributed by atoms with E-state index in [1.807, 2.05) is 0 Å². The fourth-order valence-corrected chi connectivity index (χ4v) is 12.5. The molecule has 0 radical (unpaired) electrons. The van der Waals surface area contributed by atoms with E-state index in [1.165, 1.54) is 214 Å². The molecular formula is C68H126N4O12S. The van der Waals surface area contributed by atoms with Crippen molar-refractivity contribution in [3.8, 4) is 0 Å². The third kappa shape index (κ3) is 41.6. The SMILES string of the molecule is CCCCCCCCCCCCCCCCCC(=O)OC[C@H]1O[C@@H](SC(=O)C(CCCCCCCCCCCCCC)CCCCCCCCCCCCCC)[C@H](NC(C)=O)[C@H](OC(C)C(=O)N[C@@H](C)C(=O)N[C@H](CCC(=O)OC)C(N)=O)[C@@H]1O. The zero-order valence-electron chi connectivity index (χ0n) is 54.9. The maximum absolute atomic E-state index is 14.7. The first kappa shape index (κ1) is 79.7. The number of nitrogens with two attached hydrogens (primary N) is 1. The van der Waals surface area contributed by atoms with Gasteiger partial charge in [0, 0.05) is 25.7 Å². The lowest BCUT2D eigenvalue weighted by atomic mass is 9.95. The lowest BCUT2D eigenvalue weighted by Crippen LogP contribution is -2.65. The lowest BCUT2D eigenvalue weighted by Gasteiger charge is -2.45. The van der Waals surface area contributed by atoms with Gasteiger partial charge in [-0.2, -0.15) is 0 Å². The number of rotatable bonds is 57. The predicted octanol–water partition coefficient (Wildman–Crippen LogP) is 14.6. The average Bonchev–Trinajstić information content (AvgIpc) is 3.37. The average molecular weight is 1220 g/mol. The first-order valence-corrected chi connectivity index (χ1v) is 35.6. The molecule has 85 heavy (non-hydrogen) atoms. The van der Waals surface area contributed by atoms with Gasteiger partial charge < -0.3 is 45.7 Å². The van der Waals surface area contributed by atoms with Crippen LogP contribution in [0.1, 0.15) is 324 Å². The molecule has 17 heteroatoms. The summed E-state index contributed by atoms with van der Waals surface area (Å²) in [5, 5.41) is 19.9. The second-order valence-corrected chi connectivity index (χ2v) is 25.8. The van der Waals surface area contributed by atoms with Crippen LogP contribution in [0.15, 0.2) is 0 Å². The van der Waals surface area contributed by atoms with Gasteiger partial charge in [0.25, 0.3) is 0 Å². The number of aliphatic hydroxyl groups is 1. The first-order chi connectivity index (χ1) is 41.1. The van der Waals surface area contributed by atoms with Crippen molar-refractivity contribution in [2.45, 2.75) is 372 Å². The summed E-state index contributed by atoms with van der Waals surface area (Å²) in [5.74, 6) is -4.18. The molecule has 1 aliphatic heterocycles. The number of unbranched alkanes of at least 4 members (excludes halogenated alkanes) is 36. The van der Waals surface area contributed by atoms with E-state index in [-0.39, 0.29) is 36.9 Å². The zero-order valence-corrected chi connectivity index (χ0v) is 55.8. The Morgan fingerprint density at radius 3 is 1.32 bits per heavy atom. The second-order valence-electron chi connectivity index (χ2n) is 24.7. The maximum Gasteiger partial charge on any atom is 0.305 e. The number of hydrogen-bond acceptors (Lipinski definition) is 13. The molecule has 1 rings (SSSR count). The Morgan fingerprint density at radius 1 is 0.529 bits per heavy atom. The molecule has 1 unspecified atom stereocenters. The number of esters is 2. The number of amides is 4. The monoisotopic (exact) mass is 1220 g/mol. The Hall–Kier alpha value is -3.28. The quantitative estimate of drug-likeness (QED) is 0.0282. The molecule has 0 aromatic rings. The molecule has 1 heterocycles. The summed E-state index contributed by atoms with van der Waals surface area (Å²) in [7, 11) is 1.20. The van der Waals surface area contributed by atoms with Crippen LogP contribution in [0.5, 0.6) is 0 Å². The number of methoxy groups -OCH3 is 1. The van der Waals surface area contributed by atoms with Gasteiger partial charge in [0.15, 0.2) is 5.12 Å². The summed E-state index contributed by atoms with van der Waals surface area (Å²) < 4.78 is 23.3. The van der Waals surface area contributed by atoms with E-state index in [0.717, 1.165) is 82.4 Å². The summed E-state index contributed by atoms with van der Waals surface area (Å²) in [5.41, 5.74) is 4.41. The first-order valence-electron chi connectivity index (χ1n) is 34.7. The van der Waals surface area contributed by atoms with Crippen LogP contribution in [0.4, 0.5) is 0 Å². The van der Waals surface area contributed by atoms with Gasteiger partial charge in [0.1, 0.15) is 48.5 Å². The molecule has 4 amide bonds. The Morgan fingerprint density at radius 2 is 0.929 bits per heavy atom. The highest BCUT2D eigenvalue weighted by atomic mass is 32.2. The molecule has 0 aromatic carbocycles. The van der Waals surface area contributed by atoms with Crippen molar-refractivity contribution < 1.29 is 57.6 Å². The van der Waals surface area contributed by atoms with E-state index in [1.54, 1.807) is 0 Å². The number of nitrogens with one attached hydrogen (secondary N) is 3. The summed E-state index contributed by atoms with van der Waals surface area (Å²) in [6, 6.07) is -3.54. The van der Waals surface area contributed by atoms with Crippen molar-refractivity contribution in [1.82, 2.24) is 16.0 Å². The number of carbonyl (C=O) groups is 7. The third-order valence-electron chi connectivity index (χ3n) is 16.8. The van der Waals surface area contributed by atoms with Gasteiger partial charge in [-0.3, -0.25) is 33.6 Å². The topological polar surface area (TPSA) is 239 Å². The molecule has 496 valence electrons. The van der Waals surface area contributed by atoms with E-state index < -0.39 is 83.5 Å². The van der Waals surface area contributed by atoms with Gasteiger partial charge in [-0.05, 0) is 39.5 Å². The Kier molecular flexibility index (Phi) is 50.4. The summed E-state index contributed by atoms with van der Waals surface area (Å²) in [6.45, 7) is 10.5. The number of primary amides is 1. The van der Waals surface area contributed by atoms with Crippen LogP contribution in [0, 0.1) is 5.92 Å². The fourth-order valence-electron chi connectivity index (χ4n) is 11.3. The van der Waals surface area contributed by atoms with Crippen LogP contribution in [-0.2, 0) is 52.5 Å². The van der Waals surface area contributed by atoms with Crippen molar-refractivity contribution in [1.29, 1.82) is 0 Å². The molecule has 1 aliphatic rings. The largest absolute Gasteiger partial charge is 0.469 e. The zero-order chi connectivity index (χ0) is 62.7. The van der Waals surface area contributed by atoms with E-state index in [0.29, 0.717) is 6.42 Å². The molecule has 1 saturated heterocycles. The van der Waals surface area contributed by atoms with Crippen molar-refractivity contribution >= 4 is 52.4 Å². The van der Waals surface area contributed by atoms with Crippen LogP contribution < -0.4 is 21.7 Å². The molecule has 6 N–H and O–H groups in total. The molecule has 8 atom stereocenters. The Balaban J connectivity index is 3.22. The molecular weight excluding hydrogens is 1100 g/mol. The van der Waals surface area contributed by atoms with Gasteiger partial charge >= 0.3 is 11.9 Å². The van der Waals surface area contributed by atoms with E-state index in [4.69, 9.17) is 19.9 Å². The van der Waals surface area contributed by atoms with Crippen molar-refractivity contribution in [3.63, 3.8) is 0 Å². The number of aliphatic hydroxyl groups excluding tert-OH is 1. The van der Waals surface area contributed by atoms with Gasteiger partial charge in [0.05, 0.1) is 13.2 Å². The van der Waals surface area contributed by atoms with Crippen LogP contribution >= 0.6 is 11.8 Å². The highest BCUT2D eigenvalue weighted by molar-refractivity contribution is 8.14. The molecule has 0 bridgehead atoms. The lowest BCUT2D eigenvalue weighted by molar-refractivity contribution is -0.204. The minimum atomic E-state index is -1.54.